The van der Waals surface area contributed by atoms with Crippen molar-refractivity contribution >= 4 is 17.9 Å². The van der Waals surface area contributed by atoms with Crippen molar-refractivity contribution in [3.05, 3.63) is 34.4 Å². The average molecular weight is 420 g/mol. The van der Waals surface area contributed by atoms with Gasteiger partial charge in [-0.2, -0.15) is 0 Å². The maximum Gasteiger partial charge on any atom is 0.345 e. The molecule has 0 aromatic heterocycles. The van der Waals surface area contributed by atoms with Crippen LogP contribution in [0, 0.1) is 0 Å². The Balaban J connectivity index is 2.46. The van der Waals surface area contributed by atoms with Crippen molar-refractivity contribution in [3.8, 4) is 11.5 Å². The van der Waals surface area contributed by atoms with Gasteiger partial charge >= 0.3 is 17.9 Å². The predicted molar refractivity (Wildman–Crippen MR) is 107 cm³/mol. The highest BCUT2D eigenvalue weighted by molar-refractivity contribution is 5.96. The fourth-order valence-corrected chi connectivity index (χ4v) is 3.05. The maximum atomic E-state index is 12.7. The molecule has 0 saturated heterocycles. The minimum absolute atomic E-state index is 0.110. The molecule has 0 saturated carbocycles. The van der Waals surface area contributed by atoms with Gasteiger partial charge in [0.15, 0.2) is 0 Å². The van der Waals surface area contributed by atoms with E-state index in [4.69, 9.17) is 18.9 Å². The Bertz CT molecular complexity index is 866. The summed E-state index contributed by atoms with van der Waals surface area (Å²) in [4.78, 5) is 35.3. The standard InChI is InChI=1S/C22H28O8/c1-13(8-10-18(24)27-6)7-9-16-17(26-5)11-15(12-28-14(2)23)19-20(16)29-22(3,4)30-21(19)25/h7,11H,8-10,12H2,1-6H3. The molecule has 8 nitrogen and oxygen atoms in total. The zero-order valence-corrected chi connectivity index (χ0v) is 18.2. The molecule has 0 radical (unpaired) electrons. The molecule has 0 fully saturated rings. The number of carbonyl (C=O) groups excluding carboxylic acids is 3. The predicted octanol–water partition coefficient (Wildman–Crippen LogP) is 3.49. The normalized spacial score (nSPS) is 14.9. The summed E-state index contributed by atoms with van der Waals surface area (Å²) in [5.74, 6) is -1.62. The average Bonchev–Trinajstić information content (AvgIpc) is 2.67. The van der Waals surface area contributed by atoms with Gasteiger partial charge in [-0.25, -0.2) is 4.79 Å². The highest BCUT2D eigenvalue weighted by Gasteiger charge is 2.38. The second-order valence-electron chi connectivity index (χ2n) is 7.42. The van der Waals surface area contributed by atoms with Gasteiger partial charge in [-0.1, -0.05) is 11.6 Å². The number of fused-ring (bicyclic) bond motifs is 1. The van der Waals surface area contributed by atoms with E-state index in [2.05, 4.69) is 4.74 Å². The lowest BCUT2D eigenvalue weighted by molar-refractivity contribution is -0.143. The molecule has 1 aromatic rings. The van der Waals surface area contributed by atoms with Crippen LogP contribution in [0.15, 0.2) is 17.7 Å². The molecular formula is C22H28O8. The van der Waals surface area contributed by atoms with Crippen molar-refractivity contribution in [2.24, 2.45) is 0 Å². The molecule has 164 valence electrons. The van der Waals surface area contributed by atoms with E-state index < -0.39 is 17.7 Å². The van der Waals surface area contributed by atoms with Gasteiger partial charge in [0.25, 0.3) is 0 Å². The summed E-state index contributed by atoms with van der Waals surface area (Å²) in [6, 6.07) is 1.65. The van der Waals surface area contributed by atoms with Crippen LogP contribution >= 0.6 is 0 Å². The van der Waals surface area contributed by atoms with E-state index >= 15 is 0 Å². The first-order valence-corrected chi connectivity index (χ1v) is 9.58. The molecule has 1 aliphatic heterocycles. The van der Waals surface area contributed by atoms with Crippen molar-refractivity contribution in [1.82, 2.24) is 0 Å². The van der Waals surface area contributed by atoms with Crippen molar-refractivity contribution in [2.75, 3.05) is 14.2 Å². The summed E-state index contributed by atoms with van der Waals surface area (Å²) >= 11 is 0. The van der Waals surface area contributed by atoms with Gasteiger partial charge < -0.3 is 23.7 Å². The Labute approximate surface area is 176 Å². The molecule has 0 amide bonds. The zero-order chi connectivity index (χ0) is 22.5. The monoisotopic (exact) mass is 420 g/mol. The number of methoxy groups -OCH3 is 2. The van der Waals surface area contributed by atoms with Crippen LogP contribution in [0.4, 0.5) is 0 Å². The molecule has 0 aliphatic carbocycles. The molecule has 0 unspecified atom stereocenters. The van der Waals surface area contributed by atoms with Crippen molar-refractivity contribution in [2.45, 2.75) is 59.4 Å². The summed E-state index contributed by atoms with van der Waals surface area (Å²) in [6.07, 6.45) is 3.19. The van der Waals surface area contributed by atoms with E-state index in [9.17, 15) is 14.4 Å². The van der Waals surface area contributed by atoms with Crippen molar-refractivity contribution in [1.29, 1.82) is 0 Å². The number of cyclic esters (lactones) is 1. The first-order chi connectivity index (χ1) is 14.1. The molecule has 30 heavy (non-hydrogen) atoms. The van der Waals surface area contributed by atoms with Gasteiger partial charge in [0, 0.05) is 38.3 Å². The lowest BCUT2D eigenvalue weighted by atomic mass is 9.96. The van der Waals surface area contributed by atoms with Crippen molar-refractivity contribution in [3.63, 3.8) is 0 Å². The van der Waals surface area contributed by atoms with Crippen LogP contribution in [0.5, 0.6) is 11.5 Å². The Hall–Kier alpha value is -3.03. The number of hydrogen-bond acceptors (Lipinski definition) is 8. The Morgan fingerprint density at radius 3 is 2.43 bits per heavy atom. The van der Waals surface area contributed by atoms with Gasteiger partial charge in [-0.3, -0.25) is 9.59 Å². The fourth-order valence-electron chi connectivity index (χ4n) is 3.05. The maximum absolute atomic E-state index is 12.7. The number of ether oxygens (including phenoxy) is 5. The van der Waals surface area contributed by atoms with Crippen LogP contribution in [0.2, 0.25) is 0 Å². The molecule has 0 bridgehead atoms. The molecule has 1 aromatic carbocycles. The molecule has 1 aliphatic rings. The highest BCUT2D eigenvalue weighted by atomic mass is 16.7. The minimum atomic E-state index is -1.16. The third-order valence-corrected chi connectivity index (χ3v) is 4.57. The van der Waals surface area contributed by atoms with E-state index in [0.717, 1.165) is 5.57 Å². The lowest BCUT2D eigenvalue weighted by Gasteiger charge is -2.34. The Morgan fingerprint density at radius 2 is 1.83 bits per heavy atom. The van der Waals surface area contributed by atoms with E-state index in [1.807, 2.05) is 13.0 Å². The number of benzene rings is 1. The smallest absolute Gasteiger partial charge is 0.345 e. The fraction of sp³-hybridized carbons (Fsp3) is 0.500. The first kappa shape index (κ1) is 23.3. The topological polar surface area (TPSA) is 97.4 Å². The summed E-state index contributed by atoms with van der Waals surface area (Å²) in [6.45, 7) is 6.37. The van der Waals surface area contributed by atoms with Gasteiger partial charge in [0.1, 0.15) is 23.7 Å². The molecule has 0 N–H and O–H groups in total. The first-order valence-electron chi connectivity index (χ1n) is 9.58. The van der Waals surface area contributed by atoms with Crippen LogP contribution in [0.3, 0.4) is 0 Å². The van der Waals surface area contributed by atoms with Crippen LogP contribution in [0.1, 0.15) is 62.0 Å². The third kappa shape index (κ3) is 5.75. The van der Waals surface area contributed by atoms with E-state index in [1.54, 1.807) is 19.9 Å². The van der Waals surface area contributed by atoms with E-state index in [1.165, 1.54) is 21.1 Å². The molecule has 2 rings (SSSR count). The van der Waals surface area contributed by atoms with Gasteiger partial charge in [-0.15, -0.1) is 0 Å². The zero-order valence-electron chi connectivity index (χ0n) is 18.2. The summed E-state index contributed by atoms with van der Waals surface area (Å²) in [5, 5.41) is 0. The lowest BCUT2D eigenvalue weighted by Crippen LogP contribution is -2.40. The molecular weight excluding hydrogens is 392 g/mol. The second-order valence-corrected chi connectivity index (χ2v) is 7.42. The van der Waals surface area contributed by atoms with Gasteiger partial charge in [0.2, 0.25) is 5.79 Å². The molecule has 1 heterocycles. The Morgan fingerprint density at radius 1 is 1.13 bits per heavy atom. The molecule has 0 spiro atoms. The summed E-state index contributed by atoms with van der Waals surface area (Å²) < 4.78 is 26.6. The number of allylic oxidation sites excluding steroid dienone is 2. The number of esters is 3. The van der Waals surface area contributed by atoms with Crippen LogP contribution in [-0.4, -0.2) is 37.9 Å². The highest BCUT2D eigenvalue weighted by Crippen LogP contribution is 2.42. The number of rotatable bonds is 8. The largest absolute Gasteiger partial charge is 0.496 e. The Kier molecular flexibility index (Phi) is 7.48. The molecule has 8 heteroatoms. The van der Waals surface area contributed by atoms with E-state index in [0.29, 0.717) is 35.5 Å². The third-order valence-electron chi connectivity index (χ3n) is 4.57. The van der Waals surface area contributed by atoms with Gasteiger partial charge in [-0.05, 0) is 25.8 Å². The summed E-state index contributed by atoms with van der Waals surface area (Å²) in [5.41, 5.74) is 2.30. The minimum Gasteiger partial charge on any atom is -0.496 e. The summed E-state index contributed by atoms with van der Waals surface area (Å²) in [7, 11) is 2.87. The number of hydrogen-bond donors (Lipinski definition) is 0. The van der Waals surface area contributed by atoms with Crippen LogP contribution < -0.4 is 9.47 Å². The quantitative estimate of drug-likeness (QED) is 0.358. The second kappa shape index (κ2) is 9.65. The van der Waals surface area contributed by atoms with Crippen LogP contribution in [-0.2, 0) is 36.8 Å². The van der Waals surface area contributed by atoms with E-state index in [-0.39, 0.29) is 24.6 Å². The number of carbonyl (C=O) groups is 3. The SMILES string of the molecule is COC(=O)CCC(C)=CCc1c(OC)cc(COC(C)=O)c2c1OC(C)(C)OC2=O. The van der Waals surface area contributed by atoms with Crippen molar-refractivity contribution < 1.29 is 38.1 Å². The van der Waals surface area contributed by atoms with Gasteiger partial charge in [0.05, 0.1) is 14.2 Å². The molecule has 0 atom stereocenters. The van der Waals surface area contributed by atoms with Crippen LogP contribution in [0.25, 0.3) is 0 Å².